The molecule has 3 aromatic rings. The Morgan fingerprint density at radius 3 is 2.53 bits per heavy atom. The molecule has 0 saturated carbocycles. The summed E-state index contributed by atoms with van der Waals surface area (Å²) in [4.78, 5) is 52.0. The maximum Gasteiger partial charge on any atom is 0.346 e. The van der Waals surface area contributed by atoms with E-state index in [9.17, 15) is 14.4 Å². The number of terminal acetylenes is 1. The van der Waals surface area contributed by atoms with Crippen LogP contribution in [0.2, 0.25) is 0 Å². The number of carbonyl (C=O) groups is 3. The minimum atomic E-state index is -1.97. The van der Waals surface area contributed by atoms with Gasteiger partial charge in [-0.3, -0.25) is 14.2 Å². The van der Waals surface area contributed by atoms with Gasteiger partial charge >= 0.3 is 11.9 Å². The van der Waals surface area contributed by atoms with Gasteiger partial charge in [0.05, 0.1) is 25.0 Å². The number of ether oxygens (including phenoxy) is 4. The Hall–Kier alpha value is -3.99. The van der Waals surface area contributed by atoms with Crippen LogP contribution in [-0.4, -0.2) is 74.0 Å². The number of nitrogen functional groups attached to an aromatic ring is 1. The van der Waals surface area contributed by atoms with Crippen molar-refractivity contribution in [2.75, 3.05) is 24.7 Å². The zero-order valence-electron chi connectivity index (χ0n) is 24.7. The normalized spacial score (nSPS) is 22.9. The molecule has 3 heterocycles. The van der Waals surface area contributed by atoms with E-state index in [0.29, 0.717) is 27.6 Å². The van der Waals surface area contributed by atoms with Crippen LogP contribution in [0.15, 0.2) is 41.8 Å². The van der Waals surface area contributed by atoms with Crippen molar-refractivity contribution < 1.29 is 33.3 Å². The van der Waals surface area contributed by atoms with Crippen molar-refractivity contribution in [3.8, 4) is 12.3 Å². The van der Waals surface area contributed by atoms with Crippen LogP contribution in [0.3, 0.4) is 0 Å². The second-order valence-corrected chi connectivity index (χ2v) is 11.4. The Morgan fingerprint density at radius 1 is 1.21 bits per heavy atom. The molecule has 13 heteroatoms. The van der Waals surface area contributed by atoms with E-state index in [-0.39, 0.29) is 25.5 Å². The van der Waals surface area contributed by atoms with Gasteiger partial charge in [-0.15, -0.1) is 6.42 Å². The summed E-state index contributed by atoms with van der Waals surface area (Å²) in [6.07, 6.45) is 4.48. The molecule has 4 rings (SSSR count). The highest BCUT2D eigenvalue weighted by Crippen LogP contribution is 2.46. The number of carbonyl (C=O) groups excluding carboxylic acids is 3. The smallest absolute Gasteiger partial charge is 0.346 e. The molecule has 2 N–H and O–H groups in total. The lowest BCUT2D eigenvalue weighted by molar-refractivity contribution is -0.182. The second-order valence-electron chi connectivity index (χ2n) is 10.2. The molecule has 2 aromatic heterocycles. The lowest BCUT2D eigenvalue weighted by atomic mass is 9.81. The number of benzene rings is 1. The first kappa shape index (κ1) is 31.9. The molecule has 228 valence electrons. The summed E-state index contributed by atoms with van der Waals surface area (Å²) < 4.78 is 25.3. The summed E-state index contributed by atoms with van der Waals surface area (Å²) >= 11 is 1.40. The molecule has 0 aliphatic carbocycles. The molecule has 5 atom stereocenters. The van der Waals surface area contributed by atoms with Gasteiger partial charge in [0.1, 0.15) is 11.6 Å². The van der Waals surface area contributed by atoms with E-state index >= 15 is 0 Å². The minimum Gasteiger partial charge on any atom is -0.463 e. The highest BCUT2D eigenvalue weighted by Gasteiger charge is 2.58. The Labute approximate surface area is 254 Å². The summed E-state index contributed by atoms with van der Waals surface area (Å²) in [5, 5.41) is 0.442. The first-order valence-electron chi connectivity index (χ1n) is 13.8. The number of nitrogens with zero attached hydrogens (tertiary/aromatic N) is 4. The lowest BCUT2D eigenvalue weighted by Gasteiger charge is -2.33. The number of fused-ring (bicyclic) bond motifs is 1. The average Bonchev–Trinajstić information content (AvgIpc) is 3.51. The molecule has 1 unspecified atom stereocenters. The van der Waals surface area contributed by atoms with Gasteiger partial charge in [0, 0.05) is 13.3 Å². The molecule has 0 radical (unpaired) electrons. The topological polar surface area (TPSA) is 158 Å². The van der Waals surface area contributed by atoms with Crippen molar-refractivity contribution in [3.05, 3.63) is 42.2 Å². The van der Waals surface area contributed by atoms with E-state index in [1.165, 1.54) is 31.9 Å². The molecule has 0 bridgehead atoms. The first-order chi connectivity index (χ1) is 20.5. The third-order valence-electron chi connectivity index (χ3n) is 7.35. The molecule has 43 heavy (non-hydrogen) atoms. The van der Waals surface area contributed by atoms with Crippen LogP contribution in [0.25, 0.3) is 11.2 Å². The zero-order chi connectivity index (χ0) is 31.4. The fourth-order valence-corrected chi connectivity index (χ4v) is 5.59. The van der Waals surface area contributed by atoms with E-state index in [1.807, 2.05) is 13.0 Å². The van der Waals surface area contributed by atoms with Gasteiger partial charge in [0.2, 0.25) is 5.60 Å². The van der Waals surface area contributed by atoms with Gasteiger partial charge < -0.3 is 24.7 Å². The number of aromatic nitrogens is 4. The molecule has 12 nitrogen and oxygen atoms in total. The molecule has 1 aromatic carbocycles. The Bertz CT molecular complexity index is 1540. The maximum atomic E-state index is 13.3. The van der Waals surface area contributed by atoms with Gasteiger partial charge in [-0.05, 0) is 32.1 Å². The molecule has 1 saturated heterocycles. The Balaban J connectivity index is 1.75. The van der Waals surface area contributed by atoms with Crippen molar-refractivity contribution in [1.29, 1.82) is 0 Å². The van der Waals surface area contributed by atoms with Gasteiger partial charge in [-0.1, -0.05) is 54.9 Å². The lowest BCUT2D eigenvalue weighted by Crippen LogP contribution is -2.53. The molecular formula is C30H35N5O7S. The second kappa shape index (κ2) is 13.1. The van der Waals surface area contributed by atoms with Gasteiger partial charge in [-0.25, -0.2) is 19.7 Å². The number of thioether (sulfide) groups is 1. The summed E-state index contributed by atoms with van der Waals surface area (Å²) in [5.74, 6) is 1.66. The van der Waals surface area contributed by atoms with Crippen LogP contribution < -0.4 is 5.73 Å². The highest BCUT2D eigenvalue weighted by molar-refractivity contribution is 7.99. The van der Waals surface area contributed by atoms with E-state index in [4.69, 9.17) is 31.1 Å². The van der Waals surface area contributed by atoms with Gasteiger partial charge in [-0.2, -0.15) is 0 Å². The van der Waals surface area contributed by atoms with Crippen LogP contribution in [-0.2, 0) is 39.8 Å². The Kier molecular flexibility index (Phi) is 9.74. The van der Waals surface area contributed by atoms with E-state index in [0.717, 1.165) is 0 Å². The third kappa shape index (κ3) is 6.22. The number of ketones is 1. The average molecular weight is 610 g/mol. The van der Waals surface area contributed by atoms with Crippen molar-refractivity contribution in [2.24, 2.45) is 5.41 Å². The van der Waals surface area contributed by atoms with Crippen molar-refractivity contribution in [2.45, 2.75) is 70.2 Å². The number of Topliss-reactive ketones (excluding diaryl/α,β-unsaturated/α-hetero) is 1. The van der Waals surface area contributed by atoms with Crippen LogP contribution in [0, 0.1) is 17.8 Å². The number of hydrogen-bond acceptors (Lipinski definition) is 12. The van der Waals surface area contributed by atoms with E-state index in [2.05, 4.69) is 20.9 Å². The molecule has 1 fully saturated rings. The molecular weight excluding hydrogens is 574 g/mol. The van der Waals surface area contributed by atoms with Crippen LogP contribution >= 0.6 is 11.8 Å². The maximum absolute atomic E-state index is 13.3. The number of rotatable bonds is 12. The largest absolute Gasteiger partial charge is 0.463 e. The third-order valence-corrected chi connectivity index (χ3v) is 8.08. The predicted molar refractivity (Wildman–Crippen MR) is 159 cm³/mol. The quantitative estimate of drug-likeness (QED) is 0.105. The van der Waals surface area contributed by atoms with Crippen LogP contribution in [0.1, 0.15) is 46.4 Å². The Morgan fingerprint density at radius 2 is 1.93 bits per heavy atom. The standard InChI is InChI=1S/C30H35N5O7S/c1-7-29(6)21(16-40-30(18(4)36,27(38)39-8-2)15-20-13-11-10-12-14-20)42-26(23(29)41-19(5)37)35-17-32-22-24(31)33-28(43-9-3)34-25(22)35/h1,10-14,17,21,23,26H,8-9,15-16H2,2-6H3,(H2,31,33,34)/t21-,23+,26-,29+,30?/m1/s1. The number of nitrogens with two attached hydrogens (primary N) is 1. The van der Waals surface area contributed by atoms with Crippen LogP contribution in [0.5, 0.6) is 0 Å². The highest BCUT2D eigenvalue weighted by atomic mass is 32.2. The van der Waals surface area contributed by atoms with Gasteiger partial charge in [0.25, 0.3) is 0 Å². The monoisotopic (exact) mass is 609 g/mol. The number of imidazole rings is 1. The summed E-state index contributed by atoms with van der Waals surface area (Å²) in [7, 11) is 0. The van der Waals surface area contributed by atoms with Crippen molar-refractivity contribution >= 4 is 46.5 Å². The van der Waals surface area contributed by atoms with Gasteiger partial charge in [0.15, 0.2) is 34.7 Å². The van der Waals surface area contributed by atoms with E-state index < -0.39 is 47.2 Å². The molecule has 1 aliphatic rings. The summed E-state index contributed by atoms with van der Waals surface area (Å²) in [6, 6.07) is 8.99. The molecule has 0 spiro atoms. The molecule has 0 amide bonds. The first-order valence-corrected chi connectivity index (χ1v) is 14.8. The minimum absolute atomic E-state index is 0.0433. The van der Waals surface area contributed by atoms with Crippen LogP contribution in [0.4, 0.5) is 5.82 Å². The number of hydrogen-bond donors (Lipinski definition) is 1. The summed E-state index contributed by atoms with van der Waals surface area (Å²) in [5.41, 5.74) is 4.32. The number of esters is 2. The number of anilines is 1. The fraction of sp³-hybridized carbons (Fsp3) is 0.467. The molecule has 1 aliphatic heterocycles. The fourth-order valence-electron chi connectivity index (χ4n) is 5.02. The SMILES string of the molecule is C#C[C@@]1(C)[C@@H](COC(Cc2ccccc2)(C(C)=O)C(=O)OCC)O[C@@H](n2cnc3c(N)nc(SCC)nc32)[C@@H]1OC(C)=O. The zero-order valence-corrected chi connectivity index (χ0v) is 25.6. The summed E-state index contributed by atoms with van der Waals surface area (Å²) in [6.45, 7) is 7.57. The van der Waals surface area contributed by atoms with Crippen molar-refractivity contribution in [3.63, 3.8) is 0 Å². The van der Waals surface area contributed by atoms with E-state index in [1.54, 1.807) is 42.7 Å². The van der Waals surface area contributed by atoms with Crippen molar-refractivity contribution in [1.82, 2.24) is 19.5 Å². The predicted octanol–water partition coefficient (Wildman–Crippen LogP) is 3.14.